The van der Waals surface area contributed by atoms with Gasteiger partial charge in [-0.3, -0.25) is 4.79 Å². The molecule has 4 rings (SSSR count). The Morgan fingerprint density at radius 2 is 1.93 bits per heavy atom. The number of para-hydroxylation sites is 1. The highest BCUT2D eigenvalue weighted by atomic mass is 32.1. The summed E-state index contributed by atoms with van der Waals surface area (Å²) in [7, 11) is 0. The summed E-state index contributed by atoms with van der Waals surface area (Å²) >= 11 is 1.76. The lowest BCUT2D eigenvalue weighted by atomic mass is 9.98. The highest BCUT2D eigenvalue weighted by Gasteiger charge is 2.25. The maximum Gasteiger partial charge on any atom is 0.317 e. The summed E-state index contributed by atoms with van der Waals surface area (Å²) in [5, 5.41) is 4.10. The molecule has 1 saturated heterocycles. The van der Waals surface area contributed by atoms with Crippen LogP contribution in [-0.4, -0.2) is 34.9 Å². The van der Waals surface area contributed by atoms with E-state index in [1.165, 1.54) is 9.71 Å². The molecule has 1 aromatic heterocycles. The van der Waals surface area contributed by atoms with Gasteiger partial charge in [0.1, 0.15) is 0 Å². The van der Waals surface area contributed by atoms with Crippen LogP contribution in [0.3, 0.4) is 0 Å². The van der Waals surface area contributed by atoms with Crippen LogP contribution >= 0.6 is 11.3 Å². The average molecular weight is 395 g/mol. The standard InChI is InChI=1S/C21H22N4O2S/c22-19(26)16-5-3-4-14(12-16)13-23-21(27)25-10-8-15(9-11-25)20-24-17-6-1-2-7-18(17)28-20/h1-7,12,15H,8-11,13H2,(H2,22,26)(H,23,27). The van der Waals surface area contributed by atoms with E-state index in [0.29, 0.717) is 31.1 Å². The highest BCUT2D eigenvalue weighted by molar-refractivity contribution is 7.18. The van der Waals surface area contributed by atoms with Crippen molar-refractivity contribution in [1.29, 1.82) is 0 Å². The van der Waals surface area contributed by atoms with E-state index in [1.54, 1.807) is 29.5 Å². The smallest absolute Gasteiger partial charge is 0.317 e. The van der Waals surface area contributed by atoms with Gasteiger partial charge in [-0.15, -0.1) is 11.3 Å². The minimum Gasteiger partial charge on any atom is -0.366 e. The van der Waals surface area contributed by atoms with E-state index in [1.807, 2.05) is 29.2 Å². The molecular formula is C21H22N4O2S. The summed E-state index contributed by atoms with van der Waals surface area (Å²) < 4.78 is 1.22. The predicted molar refractivity (Wildman–Crippen MR) is 110 cm³/mol. The van der Waals surface area contributed by atoms with E-state index >= 15 is 0 Å². The molecule has 0 radical (unpaired) electrons. The van der Waals surface area contributed by atoms with Crippen molar-refractivity contribution in [3.8, 4) is 0 Å². The molecule has 3 amide bonds. The van der Waals surface area contributed by atoms with E-state index in [4.69, 9.17) is 10.7 Å². The average Bonchev–Trinajstić information content (AvgIpc) is 3.16. The zero-order valence-corrected chi connectivity index (χ0v) is 16.2. The van der Waals surface area contributed by atoms with Crippen molar-refractivity contribution >= 4 is 33.5 Å². The molecule has 0 unspecified atom stereocenters. The van der Waals surface area contributed by atoms with Crippen LogP contribution < -0.4 is 11.1 Å². The fraction of sp³-hybridized carbons (Fsp3) is 0.286. The van der Waals surface area contributed by atoms with Crippen LogP contribution in [0.1, 0.15) is 39.7 Å². The molecule has 1 fully saturated rings. The van der Waals surface area contributed by atoms with Crippen LogP contribution in [-0.2, 0) is 6.54 Å². The molecule has 0 spiro atoms. The number of nitrogens with one attached hydrogen (secondary N) is 1. The summed E-state index contributed by atoms with van der Waals surface area (Å²) in [6.07, 6.45) is 1.84. The lowest BCUT2D eigenvalue weighted by Gasteiger charge is -2.31. The Hall–Kier alpha value is -2.93. The van der Waals surface area contributed by atoms with Crippen LogP contribution in [0.2, 0.25) is 0 Å². The van der Waals surface area contributed by atoms with E-state index in [2.05, 4.69) is 11.4 Å². The molecule has 2 heterocycles. The lowest BCUT2D eigenvalue weighted by molar-refractivity contribution is 0.1000. The molecule has 0 saturated carbocycles. The number of likely N-dealkylation sites (tertiary alicyclic amines) is 1. The zero-order chi connectivity index (χ0) is 19.5. The number of fused-ring (bicyclic) bond motifs is 1. The Balaban J connectivity index is 1.31. The van der Waals surface area contributed by atoms with Crippen molar-refractivity contribution in [3.05, 3.63) is 64.7 Å². The number of hydrogen-bond donors (Lipinski definition) is 2. The van der Waals surface area contributed by atoms with Gasteiger partial charge in [0.2, 0.25) is 5.91 Å². The third-order valence-electron chi connectivity index (χ3n) is 5.10. The Morgan fingerprint density at radius 1 is 1.14 bits per heavy atom. The van der Waals surface area contributed by atoms with Gasteiger partial charge in [0.15, 0.2) is 0 Å². The molecule has 144 valence electrons. The second-order valence-corrected chi connectivity index (χ2v) is 8.07. The third-order valence-corrected chi connectivity index (χ3v) is 6.30. The van der Waals surface area contributed by atoms with E-state index in [0.717, 1.165) is 23.9 Å². The van der Waals surface area contributed by atoms with Crippen LogP contribution in [0, 0.1) is 0 Å². The molecule has 1 aliphatic rings. The lowest BCUT2D eigenvalue weighted by Crippen LogP contribution is -2.43. The van der Waals surface area contributed by atoms with Gasteiger partial charge in [-0.1, -0.05) is 24.3 Å². The number of rotatable bonds is 4. The molecule has 0 aliphatic carbocycles. The minimum absolute atomic E-state index is 0.0766. The Bertz CT molecular complexity index is 975. The van der Waals surface area contributed by atoms with Gasteiger partial charge in [-0.05, 0) is 42.7 Å². The summed E-state index contributed by atoms with van der Waals surface area (Å²) in [6.45, 7) is 1.80. The quantitative estimate of drug-likeness (QED) is 0.710. The molecule has 6 nitrogen and oxygen atoms in total. The summed E-state index contributed by atoms with van der Waals surface area (Å²) in [5.41, 5.74) is 7.66. The Labute approximate surface area is 167 Å². The van der Waals surface area contributed by atoms with Crippen molar-refractivity contribution in [2.24, 2.45) is 5.73 Å². The number of nitrogens with two attached hydrogens (primary N) is 1. The van der Waals surface area contributed by atoms with Gasteiger partial charge in [-0.25, -0.2) is 9.78 Å². The van der Waals surface area contributed by atoms with Crippen molar-refractivity contribution in [3.63, 3.8) is 0 Å². The van der Waals surface area contributed by atoms with Crippen molar-refractivity contribution in [2.75, 3.05) is 13.1 Å². The molecule has 3 N–H and O–H groups in total. The maximum absolute atomic E-state index is 12.5. The SMILES string of the molecule is NC(=O)c1cccc(CNC(=O)N2CCC(c3nc4ccccc4s3)CC2)c1. The van der Waals surface area contributed by atoms with Crippen LogP contribution in [0.15, 0.2) is 48.5 Å². The summed E-state index contributed by atoms with van der Waals surface area (Å²) in [6, 6.07) is 15.1. The third kappa shape index (κ3) is 3.99. The predicted octanol–water partition coefficient (Wildman–Crippen LogP) is 3.48. The van der Waals surface area contributed by atoms with Gasteiger partial charge in [0.05, 0.1) is 15.2 Å². The number of amides is 3. The monoisotopic (exact) mass is 394 g/mol. The second kappa shape index (κ2) is 7.98. The first-order chi connectivity index (χ1) is 13.6. The van der Waals surface area contributed by atoms with Crippen molar-refractivity contribution < 1.29 is 9.59 Å². The molecule has 1 aliphatic heterocycles. The van der Waals surface area contributed by atoms with Gasteiger partial charge >= 0.3 is 6.03 Å². The molecule has 0 bridgehead atoms. The van der Waals surface area contributed by atoms with E-state index in [9.17, 15) is 9.59 Å². The summed E-state index contributed by atoms with van der Waals surface area (Å²) in [5.74, 6) is -0.0567. The van der Waals surface area contributed by atoms with Gasteiger partial charge in [-0.2, -0.15) is 0 Å². The highest BCUT2D eigenvalue weighted by Crippen LogP contribution is 2.33. The fourth-order valence-electron chi connectivity index (χ4n) is 3.52. The number of carbonyl (C=O) groups excluding carboxylic acids is 2. The first-order valence-electron chi connectivity index (χ1n) is 9.37. The maximum atomic E-state index is 12.5. The second-order valence-electron chi connectivity index (χ2n) is 7.00. The molecule has 7 heteroatoms. The number of aromatic nitrogens is 1. The number of piperidine rings is 1. The molecule has 3 aromatic rings. The number of primary amides is 1. The van der Waals surface area contributed by atoms with Gasteiger partial charge in [0, 0.05) is 31.1 Å². The molecule has 28 heavy (non-hydrogen) atoms. The largest absolute Gasteiger partial charge is 0.366 e. The van der Waals surface area contributed by atoms with Crippen molar-refractivity contribution in [1.82, 2.24) is 15.2 Å². The molecule has 0 atom stereocenters. The van der Waals surface area contributed by atoms with Gasteiger partial charge < -0.3 is 16.0 Å². The van der Waals surface area contributed by atoms with E-state index < -0.39 is 5.91 Å². The number of urea groups is 1. The first kappa shape index (κ1) is 18.4. The van der Waals surface area contributed by atoms with Crippen molar-refractivity contribution in [2.45, 2.75) is 25.3 Å². The Kier molecular flexibility index (Phi) is 5.25. The van der Waals surface area contributed by atoms with Crippen LogP contribution in [0.4, 0.5) is 4.79 Å². The number of benzene rings is 2. The zero-order valence-electron chi connectivity index (χ0n) is 15.4. The first-order valence-corrected chi connectivity index (χ1v) is 10.2. The number of carbonyl (C=O) groups is 2. The number of hydrogen-bond acceptors (Lipinski definition) is 4. The van der Waals surface area contributed by atoms with Crippen LogP contribution in [0.25, 0.3) is 10.2 Å². The molecule has 2 aromatic carbocycles. The fourth-order valence-corrected chi connectivity index (χ4v) is 4.65. The topological polar surface area (TPSA) is 88.3 Å². The van der Waals surface area contributed by atoms with Crippen LogP contribution in [0.5, 0.6) is 0 Å². The van der Waals surface area contributed by atoms with E-state index in [-0.39, 0.29) is 6.03 Å². The minimum atomic E-state index is -0.468. The summed E-state index contributed by atoms with van der Waals surface area (Å²) in [4.78, 5) is 30.4. The Morgan fingerprint density at radius 3 is 2.68 bits per heavy atom. The normalized spacial score (nSPS) is 14.9. The number of thiazole rings is 1. The van der Waals surface area contributed by atoms with Gasteiger partial charge in [0.25, 0.3) is 0 Å². The molecular weight excluding hydrogens is 372 g/mol. The number of nitrogens with zero attached hydrogens (tertiary/aromatic N) is 2.